The lowest BCUT2D eigenvalue weighted by atomic mass is 10.3. The van der Waals surface area contributed by atoms with Gasteiger partial charge < -0.3 is 33.3 Å². The SMILES string of the molecule is C=Nc1c(C(C)=O)ncn1COCCOP(=O)(Oc1cccc2c1OCN2)Oc1cccc2c1OCO2. The first-order valence-electron chi connectivity index (χ1n) is 11.1. The van der Waals surface area contributed by atoms with Gasteiger partial charge in [-0.25, -0.2) is 14.5 Å². The quantitative estimate of drug-likeness (QED) is 0.156. The van der Waals surface area contributed by atoms with Gasteiger partial charge in [-0.3, -0.25) is 13.9 Å². The summed E-state index contributed by atoms with van der Waals surface area (Å²) in [5.41, 5.74) is 0.872. The molecule has 1 atom stereocenters. The van der Waals surface area contributed by atoms with Crippen LogP contribution in [0.15, 0.2) is 47.7 Å². The number of phosphoric ester groups is 1. The fourth-order valence-corrected chi connectivity index (χ4v) is 4.81. The number of anilines is 1. The summed E-state index contributed by atoms with van der Waals surface area (Å²) in [6.07, 6.45) is 1.42. The zero-order valence-corrected chi connectivity index (χ0v) is 20.6. The second-order valence-corrected chi connectivity index (χ2v) is 9.21. The number of hydrogen-bond acceptors (Lipinski definition) is 12. The number of Topliss-reactive ketones (excluding diaryl/α,β-unsaturated/α-hetero) is 1. The second kappa shape index (κ2) is 10.5. The zero-order valence-electron chi connectivity index (χ0n) is 19.7. The number of benzene rings is 2. The molecule has 37 heavy (non-hydrogen) atoms. The number of carbonyl (C=O) groups excluding carboxylic acids is 1. The molecule has 0 amide bonds. The number of imidazole rings is 1. The zero-order chi connectivity index (χ0) is 25.8. The first-order valence-corrected chi connectivity index (χ1v) is 12.6. The van der Waals surface area contributed by atoms with Gasteiger partial charge in [0.05, 0.1) is 25.2 Å². The molecule has 194 valence electrons. The number of para-hydroxylation sites is 2. The van der Waals surface area contributed by atoms with Crippen molar-refractivity contribution in [2.45, 2.75) is 13.7 Å². The Morgan fingerprint density at radius 2 is 1.92 bits per heavy atom. The van der Waals surface area contributed by atoms with Crippen LogP contribution in [0.3, 0.4) is 0 Å². The van der Waals surface area contributed by atoms with E-state index in [1.807, 2.05) is 0 Å². The van der Waals surface area contributed by atoms with Gasteiger partial charge in [0.25, 0.3) is 0 Å². The van der Waals surface area contributed by atoms with E-state index in [0.717, 1.165) is 0 Å². The minimum Gasteiger partial charge on any atom is -0.467 e. The monoisotopic (exact) mass is 530 g/mol. The Balaban J connectivity index is 1.28. The molecule has 0 aliphatic carbocycles. The summed E-state index contributed by atoms with van der Waals surface area (Å²) in [4.78, 5) is 19.5. The van der Waals surface area contributed by atoms with Gasteiger partial charge in [-0.2, -0.15) is 0 Å². The molecular formula is C23H23N4O9P. The van der Waals surface area contributed by atoms with Crippen molar-refractivity contribution in [2.24, 2.45) is 4.99 Å². The van der Waals surface area contributed by atoms with Crippen molar-refractivity contribution in [1.29, 1.82) is 0 Å². The van der Waals surface area contributed by atoms with Crippen molar-refractivity contribution < 1.29 is 41.9 Å². The number of hydrogen-bond donors (Lipinski definition) is 1. The largest absolute Gasteiger partial charge is 0.587 e. The van der Waals surface area contributed by atoms with Crippen molar-refractivity contribution >= 4 is 31.8 Å². The van der Waals surface area contributed by atoms with Crippen molar-refractivity contribution in [1.82, 2.24) is 9.55 Å². The van der Waals surface area contributed by atoms with Gasteiger partial charge in [0.1, 0.15) is 6.73 Å². The highest BCUT2D eigenvalue weighted by Gasteiger charge is 2.35. The number of rotatable bonds is 12. The fraction of sp³-hybridized carbons (Fsp3) is 0.261. The molecule has 0 saturated heterocycles. The fourth-order valence-electron chi connectivity index (χ4n) is 3.60. The predicted molar refractivity (Wildman–Crippen MR) is 130 cm³/mol. The molecule has 5 rings (SSSR count). The van der Waals surface area contributed by atoms with Crippen LogP contribution in [0, 0.1) is 0 Å². The average molecular weight is 530 g/mol. The molecule has 0 spiro atoms. The van der Waals surface area contributed by atoms with Crippen LogP contribution in [0.2, 0.25) is 0 Å². The van der Waals surface area contributed by atoms with E-state index in [4.69, 9.17) is 32.5 Å². The van der Waals surface area contributed by atoms with Crippen molar-refractivity contribution in [3.8, 4) is 28.7 Å². The molecule has 2 aliphatic heterocycles. The molecule has 0 fully saturated rings. The second-order valence-electron chi connectivity index (χ2n) is 7.69. The maximum atomic E-state index is 13.8. The summed E-state index contributed by atoms with van der Waals surface area (Å²) in [6.45, 7) is 4.94. The van der Waals surface area contributed by atoms with Crippen molar-refractivity contribution in [3.63, 3.8) is 0 Å². The highest BCUT2D eigenvalue weighted by atomic mass is 31.2. The molecule has 2 aromatic carbocycles. The summed E-state index contributed by atoms with van der Waals surface area (Å²) < 4.78 is 54.3. The Morgan fingerprint density at radius 3 is 2.70 bits per heavy atom. The van der Waals surface area contributed by atoms with Crippen molar-refractivity contribution in [3.05, 3.63) is 48.4 Å². The highest BCUT2D eigenvalue weighted by molar-refractivity contribution is 7.49. The number of nitrogens with one attached hydrogen (secondary N) is 1. The van der Waals surface area contributed by atoms with E-state index < -0.39 is 7.82 Å². The van der Waals surface area contributed by atoms with Crippen LogP contribution in [0.25, 0.3) is 0 Å². The van der Waals surface area contributed by atoms with Crippen LogP contribution in [0.1, 0.15) is 17.4 Å². The van der Waals surface area contributed by atoms with Gasteiger partial charge in [0.15, 0.2) is 47.0 Å². The smallest absolute Gasteiger partial charge is 0.467 e. The summed E-state index contributed by atoms with van der Waals surface area (Å²) >= 11 is 0. The lowest BCUT2D eigenvalue weighted by molar-refractivity contribution is 0.0479. The van der Waals surface area contributed by atoms with E-state index in [-0.39, 0.29) is 68.0 Å². The lowest BCUT2D eigenvalue weighted by Crippen LogP contribution is -2.11. The number of nitrogens with zero attached hydrogens (tertiary/aromatic N) is 3. The first-order chi connectivity index (χ1) is 18.0. The molecule has 1 N–H and O–H groups in total. The van der Waals surface area contributed by atoms with Gasteiger partial charge >= 0.3 is 7.82 Å². The van der Waals surface area contributed by atoms with Gasteiger partial charge in [-0.15, -0.1) is 0 Å². The van der Waals surface area contributed by atoms with E-state index in [2.05, 4.69) is 22.0 Å². The molecule has 3 aromatic rings. The number of aromatic nitrogens is 2. The van der Waals surface area contributed by atoms with E-state index in [9.17, 15) is 9.36 Å². The Kier molecular flexibility index (Phi) is 6.99. The summed E-state index contributed by atoms with van der Waals surface area (Å²) in [6, 6.07) is 10.0. The van der Waals surface area contributed by atoms with Crippen LogP contribution >= 0.6 is 7.82 Å². The van der Waals surface area contributed by atoms with E-state index in [1.54, 1.807) is 36.4 Å². The highest BCUT2D eigenvalue weighted by Crippen LogP contribution is 2.55. The Bertz CT molecular complexity index is 1310. The molecule has 1 aromatic heterocycles. The number of carbonyl (C=O) groups is 1. The Morgan fingerprint density at radius 1 is 1.14 bits per heavy atom. The predicted octanol–water partition coefficient (Wildman–Crippen LogP) is 4.17. The molecule has 0 radical (unpaired) electrons. The molecule has 2 aliphatic rings. The molecule has 3 heterocycles. The van der Waals surface area contributed by atoms with Gasteiger partial charge in [-0.1, -0.05) is 12.1 Å². The number of ether oxygens (including phenoxy) is 4. The Labute approximate surface area is 211 Å². The summed E-state index contributed by atoms with van der Waals surface area (Å²) in [5, 5.41) is 3.03. The first kappa shape index (κ1) is 24.6. The minimum absolute atomic E-state index is 0.00165. The van der Waals surface area contributed by atoms with Crippen LogP contribution in [-0.2, 0) is 20.6 Å². The molecule has 1 unspecified atom stereocenters. The van der Waals surface area contributed by atoms with Crippen molar-refractivity contribution in [2.75, 3.05) is 32.1 Å². The minimum atomic E-state index is -4.28. The standard InChI is InChI=1S/C23H23N4O9P/c1-15(28)20-23(24-2)27(11-25-20)13-30-9-10-34-37(29,35-18-7-3-5-16-21(18)31-12-26-16)36-19-8-4-6-17-22(19)33-14-32-17/h3-8,11,26H,2,9-10,12-14H2,1H3. The number of fused-ring (bicyclic) bond motifs is 2. The molecule has 0 saturated carbocycles. The Hall–Kier alpha value is -4.06. The molecule has 14 heteroatoms. The van der Waals surface area contributed by atoms with Crippen LogP contribution < -0.4 is 28.6 Å². The van der Waals surface area contributed by atoms with Crippen LogP contribution in [0.4, 0.5) is 11.5 Å². The average Bonchev–Trinajstić information content (AvgIpc) is 3.63. The summed E-state index contributed by atoms with van der Waals surface area (Å²) in [7, 11) is -4.28. The summed E-state index contributed by atoms with van der Waals surface area (Å²) in [5.74, 6) is 1.46. The van der Waals surface area contributed by atoms with Gasteiger partial charge in [-0.05, 0) is 31.0 Å². The van der Waals surface area contributed by atoms with Gasteiger partial charge in [0, 0.05) is 6.92 Å². The third kappa shape index (κ3) is 5.24. The third-order valence-corrected chi connectivity index (χ3v) is 6.58. The van der Waals surface area contributed by atoms with Crippen LogP contribution in [-0.4, -0.2) is 48.8 Å². The van der Waals surface area contributed by atoms with E-state index in [0.29, 0.717) is 17.2 Å². The number of ketones is 1. The lowest BCUT2D eigenvalue weighted by Gasteiger charge is -2.20. The molecule has 0 bridgehead atoms. The van der Waals surface area contributed by atoms with Crippen LogP contribution in [0.5, 0.6) is 28.7 Å². The third-order valence-electron chi connectivity index (χ3n) is 5.24. The maximum Gasteiger partial charge on any atom is 0.587 e. The van der Waals surface area contributed by atoms with E-state index in [1.165, 1.54) is 17.8 Å². The van der Waals surface area contributed by atoms with E-state index >= 15 is 0 Å². The molecule has 13 nitrogen and oxygen atoms in total. The van der Waals surface area contributed by atoms with Gasteiger partial charge in [0.2, 0.25) is 12.5 Å². The maximum absolute atomic E-state index is 13.8. The topological polar surface area (TPSA) is 141 Å². The number of aliphatic imine (C=N–C) groups is 1. The normalized spacial score (nSPS) is 14.7. The number of phosphoric acid groups is 1. The molecular weight excluding hydrogens is 507 g/mol.